The quantitative estimate of drug-likeness (QED) is 0.364. The molecule has 5 heterocycles. The fourth-order valence-electron chi connectivity index (χ4n) is 7.73. The fourth-order valence-corrected chi connectivity index (χ4v) is 7.73. The molecule has 5 aliphatic heterocycles. The summed E-state index contributed by atoms with van der Waals surface area (Å²) in [4.78, 5) is 59.4. The molecule has 1 aromatic rings. The molecule has 5 aliphatic rings. The largest absolute Gasteiger partial charge is 0.447 e. The minimum atomic E-state index is -0.659. The van der Waals surface area contributed by atoms with Gasteiger partial charge in [0.15, 0.2) is 0 Å². The van der Waals surface area contributed by atoms with E-state index in [1.807, 2.05) is 40.1 Å². The van der Waals surface area contributed by atoms with Crippen LogP contribution in [0.2, 0.25) is 0 Å². The van der Waals surface area contributed by atoms with Crippen molar-refractivity contribution < 1.29 is 38.1 Å². The predicted octanol–water partition coefficient (Wildman–Crippen LogP) is 2.91. The third kappa shape index (κ3) is 12.6. The van der Waals surface area contributed by atoms with Crippen LogP contribution in [0.4, 0.5) is 9.59 Å². The molecule has 5 fully saturated rings. The van der Waals surface area contributed by atoms with Gasteiger partial charge in [0, 0.05) is 71.6 Å². The Morgan fingerprint density at radius 2 is 1.15 bits per heavy atom. The van der Waals surface area contributed by atoms with Crippen molar-refractivity contribution in [3.05, 3.63) is 35.9 Å². The molecule has 4 amide bonds. The first-order valence-electron chi connectivity index (χ1n) is 19.0. The molecule has 0 unspecified atom stereocenters. The van der Waals surface area contributed by atoms with E-state index in [2.05, 4.69) is 10.6 Å². The highest BCUT2D eigenvalue weighted by atomic mass is 35.5. The van der Waals surface area contributed by atoms with Crippen molar-refractivity contribution in [1.29, 1.82) is 0 Å². The Balaban J connectivity index is 0.00000314. The lowest BCUT2D eigenvalue weighted by Gasteiger charge is -2.40. The van der Waals surface area contributed by atoms with Gasteiger partial charge in [0.25, 0.3) is 0 Å². The van der Waals surface area contributed by atoms with E-state index in [0.29, 0.717) is 90.1 Å². The van der Waals surface area contributed by atoms with E-state index in [4.69, 9.17) is 18.9 Å². The first-order chi connectivity index (χ1) is 24.9. The summed E-state index contributed by atoms with van der Waals surface area (Å²) in [6, 6.07) is 9.73. The number of amides is 4. The average Bonchev–Trinajstić information content (AvgIpc) is 3.17. The Bertz CT molecular complexity index is 1290. The second kappa shape index (κ2) is 21.9. The molecule has 16 heteroatoms. The summed E-state index contributed by atoms with van der Waals surface area (Å²) in [5.41, 5.74) is 0.960. The summed E-state index contributed by atoms with van der Waals surface area (Å²) in [6.07, 6.45) is 2.86. The lowest BCUT2D eigenvalue weighted by atomic mass is 9.94. The lowest BCUT2D eigenvalue weighted by molar-refractivity contribution is -0.178. The third-order valence-corrected chi connectivity index (χ3v) is 11.0. The summed E-state index contributed by atoms with van der Waals surface area (Å²) in [7, 11) is 0. The van der Waals surface area contributed by atoms with Crippen LogP contribution in [0.5, 0.6) is 0 Å². The number of hydrogen-bond acceptors (Lipinski definition) is 10. The topological polar surface area (TPSA) is 142 Å². The van der Waals surface area contributed by atoms with Gasteiger partial charge in [-0.3, -0.25) is 9.59 Å². The number of carbonyl (C=O) groups is 4. The molecule has 0 spiro atoms. The molecule has 0 bridgehead atoms. The average molecular weight is 786 g/mol. The smallest absolute Gasteiger partial charge is 0.410 e. The summed E-state index contributed by atoms with van der Waals surface area (Å²) < 4.78 is 24.2. The van der Waals surface area contributed by atoms with Crippen LogP contribution in [0.15, 0.2) is 30.3 Å². The highest BCUT2D eigenvalue weighted by Crippen LogP contribution is 2.25. The van der Waals surface area contributed by atoms with Crippen molar-refractivity contribution in [2.75, 3.05) is 91.8 Å². The number of piperidine rings is 2. The van der Waals surface area contributed by atoms with Gasteiger partial charge in [-0.15, -0.1) is 24.8 Å². The van der Waals surface area contributed by atoms with E-state index in [0.717, 1.165) is 57.4 Å². The van der Waals surface area contributed by atoms with Crippen molar-refractivity contribution in [3.63, 3.8) is 0 Å². The number of nitrogens with one attached hydrogen (secondary N) is 2. The van der Waals surface area contributed by atoms with Gasteiger partial charge in [0.1, 0.15) is 24.9 Å². The first kappa shape index (κ1) is 42.9. The van der Waals surface area contributed by atoms with E-state index in [-0.39, 0.29) is 49.8 Å². The molecule has 6 rings (SSSR count). The highest BCUT2D eigenvalue weighted by Gasteiger charge is 2.40. The normalized spacial score (nSPS) is 24.4. The third-order valence-electron chi connectivity index (χ3n) is 11.0. The van der Waals surface area contributed by atoms with Crippen LogP contribution in [-0.4, -0.2) is 154 Å². The highest BCUT2D eigenvalue weighted by molar-refractivity contribution is 5.85. The van der Waals surface area contributed by atoms with Gasteiger partial charge in [-0.05, 0) is 69.3 Å². The maximum Gasteiger partial charge on any atom is 0.410 e. The number of rotatable bonds is 10. The van der Waals surface area contributed by atoms with Gasteiger partial charge >= 0.3 is 12.2 Å². The zero-order valence-corrected chi connectivity index (χ0v) is 32.3. The van der Waals surface area contributed by atoms with E-state index in [9.17, 15) is 19.2 Å². The van der Waals surface area contributed by atoms with Crippen molar-refractivity contribution >= 4 is 48.8 Å². The number of benzene rings is 1. The Morgan fingerprint density at radius 3 is 1.68 bits per heavy atom. The molecular weight excluding hydrogens is 727 g/mol. The monoisotopic (exact) mass is 784 g/mol. The van der Waals surface area contributed by atoms with Crippen LogP contribution >= 0.6 is 24.8 Å². The molecule has 2 N–H and O–H groups in total. The molecule has 14 nitrogen and oxygen atoms in total. The van der Waals surface area contributed by atoms with Crippen LogP contribution in [0.1, 0.15) is 50.5 Å². The molecule has 0 aromatic heterocycles. The van der Waals surface area contributed by atoms with Gasteiger partial charge in [-0.25, -0.2) is 9.59 Å². The number of piperazine rings is 2. The number of ether oxygens (including phenoxy) is 4. The van der Waals surface area contributed by atoms with Gasteiger partial charge < -0.3 is 49.2 Å². The number of hydrogen-bond donors (Lipinski definition) is 2. The zero-order chi connectivity index (χ0) is 35.4. The molecule has 0 aliphatic carbocycles. The second-order valence-corrected chi connectivity index (χ2v) is 14.5. The van der Waals surface area contributed by atoms with Gasteiger partial charge in [-0.2, -0.15) is 0 Å². The fraction of sp³-hybridized carbons (Fsp3) is 0.730. The Morgan fingerprint density at radius 1 is 0.660 bits per heavy atom. The summed E-state index contributed by atoms with van der Waals surface area (Å²) in [6.45, 7) is 7.97. The Kier molecular flexibility index (Phi) is 17.7. The van der Waals surface area contributed by atoms with E-state index in [1.54, 1.807) is 9.80 Å². The predicted molar refractivity (Wildman–Crippen MR) is 202 cm³/mol. The lowest BCUT2D eigenvalue weighted by Crippen LogP contribution is -2.55. The molecular formula is C37H58Cl2N6O8. The molecule has 0 saturated carbocycles. The first-order valence-corrected chi connectivity index (χ1v) is 19.0. The van der Waals surface area contributed by atoms with Crippen LogP contribution in [0.25, 0.3) is 0 Å². The maximum absolute atomic E-state index is 13.4. The van der Waals surface area contributed by atoms with Crippen LogP contribution in [0.3, 0.4) is 0 Å². The molecule has 53 heavy (non-hydrogen) atoms. The van der Waals surface area contributed by atoms with Crippen molar-refractivity contribution in [1.82, 2.24) is 30.2 Å². The summed E-state index contributed by atoms with van der Waals surface area (Å²) >= 11 is 0. The Labute approximate surface area is 325 Å². The number of halogens is 2. The maximum atomic E-state index is 13.4. The van der Waals surface area contributed by atoms with Gasteiger partial charge in [0.05, 0.1) is 13.2 Å². The number of carbonyl (C=O) groups excluding carboxylic acids is 4. The van der Waals surface area contributed by atoms with Crippen LogP contribution in [-0.2, 0) is 35.1 Å². The molecule has 3 atom stereocenters. The van der Waals surface area contributed by atoms with Gasteiger partial charge in [0.2, 0.25) is 11.8 Å². The molecule has 0 radical (unpaired) electrons. The number of nitrogens with zero attached hydrogens (tertiary/aromatic N) is 4. The second-order valence-electron chi connectivity index (χ2n) is 14.5. The molecule has 1 aromatic carbocycles. The summed E-state index contributed by atoms with van der Waals surface area (Å²) in [5, 5.41) is 6.69. The van der Waals surface area contributed by atoms with Crippen molar-refractivity contribution in [3.8, 4) is 0 Å². The van der Waals surface area contributed by atoms with Crippen molar-refractivity contribution in [2.24, 2.45) is 11.8 Å². The Hall–Kier alpha value is -2.88. The van der Waals surface area contributed by atoms with Crippen LogP contribution < -0.4 is 10.6 Å². The SMILES string of the molecule is Cl.Cl.O=C(CC1CCNCC1)N1CCN(C(=O)OC[C@H]2OCC[C@@H](OC(=O)N3CCN(C(=O)CC4CCNCC4)CC3)[C@@H]2OCc2ccccc2)CC1. The van der Waals surface area contributed by atoms with E-state index >= 15 is 0 Å². The van der Waals surface area contributed by atoms with E-state index < -0.39 is 30.5 Å². The minimum absolute atomic E-state index is 0. The summed E-state index contributed by atoms with van der Waals surface area (Å²) in [5.74, 6) is 1.17. The molecule has 298 valence electrons. The molecule has 5 saturated heterocycles. The van der Waals surface area contributed by atoms with Crippen molar-refractivity contribution in [2.45, 2.75) is 69.9 Å². The van der Waals surface area contributed by atoms with Crippen LogP contribution in [0, 0.1) is 11.8 Å². The minimum Gasteiger partial charge on any atom is -0.447 e. The standard InChI is InChI=1S/C37H56N6O8.2ClH/c44-33(24-28-6-11-38-12-7-28)40-15-19-42(20-16-40)36(46)50-27-32-35(49-26-30-4-2-1-3-5-30)31(10-23-48-32)51-37(47)43-21-17-41(18-22-43)34(45)25-29-8-13-39-14-9-29;;/h1-5,28-29,31-32,35,38-39H,6-27H2;2*1H/t31-,32-,35+;;/m1../s1. The van der Waals surface area contributed by atoms with E-state index in [1.165, 1.54) is 0 Å². The van der Waals surface area contributed by atoms with Gasteiger partial charge in [-0.1, -0.05) is 30.3 Å². The zero-order valence-electron chi connectivity index (χ0n) is 30.7.